The van der Waals surface area contributed by atoms with Crippen LogP contribution in [0.3, 0.4) is 0 Å². The minimum absolute atomic E-state index is 0.260. The van der Waals surface area contributed by atoms with Gasteiger partial charge >= 0.3 is 0 Å². The largest absolute Gasteiger partial charge is 0.492 e. The molecule has 0 fully saturated rings. The van der Waals surface area contributed by atoms with Gasteiger partial charge in [0.2, 0.25) is 5.91 Å². The van der Waals surface area contributed by atoms with Gasteiger partial charge < -0.3 is 20.5 Å². The molecule has 20 heavy (non-hydrogen) atoms. The molecule has 5 nitrogen and oxygen atoms in total. The number of carbonyl (C=O) groups excluding carboxylic acids is 1. The van der Waals surface area contributed by atoms with Gasteiger partial charge in [-0.2, -0.15) is 0 Å². The average Bonchev–Trinajstić information content (AvgIpc) is 2.42. The number of ether oxygens (including phenoxy) is 2. The summed E-state index contributed by atoms with van der Waals surface area (Å²) in [6.45, 7) is 2.96. The highest BCUT2D eigenvalue weighted by molar-refractivity contribution is 6.31. The molecule has 0 bridgehead atoms. The van der Waals surface area contributed by atoms with Crippen LogP contribution < -0.4 is 15.8 Å². The number of nitrogens with two attached hydrogens (primary N) is 1. The summed E-state index contributed by atoms with van der Waals surface area (Å²) in [5, 5.41) is 3.27. The summed E-state index contributed by atoms with van der Waals surface area (Å²) >= 11 is 5.93. The Kier molecular flexibility index (Phi) is 7.36. The number of amides is 1. The van der Waals surface area contributed by atoms with E-state index in [1.165, 1.54) is 0 Å². The van der Waals surface area contributed by atoms with Gasteiger partial charge in [0.15, 0.2) is 0 Å². The lowest BCUT2D eigenvalue weighted by molar-refractivity contribution is -0.117. The Balaban J connectivity index is 2.66. The van der Waals surface area contributed by atoms with E-state index in [-0.39, 0.29) is 5.91 Å². The van der Waals surface area contributed by atoms with E-state index >= 15 is 0 Å². The van der Waals surface area contributed by atoms with E-state index in [9.17, 15) is 4.79 Å². The first-order chi connectivity index (χ1) is 9.58. The molecule has 0 aliphatic rings. The van der Waals surface area contributed by atoms with Crippen molar-refractivity contribution < 1.29 is 14.3 Å². The highest BCUT2D eigenvalue weighted by atomic mass is 35.5. The third kappa shape index (κ3) is 5.36. The molecule has 0 aliphatic heterocycles. The lowest BCUT2D eigenvalue weighted by atomic mass is 10.1. The van der Waals surface area contributed by atoms with Gasteiger partial charge in [-0.05, 0) is 38.0 Å². The van der Waals surface area contributed by atoms with Crippen molar-refractivity contribution in [2.45, 2.75) is 25.8 Å². The summed E-state index contributed by atoms with van der Waals surface area (Å²) in [5.74, 6) is 0.318. The first-order valence-electron chi connectivity index (χ1n) is 6.56. The molecular weight excluding hydrogens is 280 g/mol. The van der Waals surface area contributed by atoms with Gasteiger partial charge in [0.25, 0.3) is 0 Å². The number of rotatable bonds is 8. The molecule has 1 unspecified atom stereocenters. The second kappa shape index (κ2) is 8.79. The van der Waals surface area contributed by atoms with Crippen LogP contribution in [-0.4, -0.2) is 32.3 Å². The van der Waals surface area contributed by atoms with Gasteiger partial charge in [-0.15, -0.1) is 0 Å². The Morgan fingerprint density at radius 1 is 1.50 bits per heavy atom. The van der Waals surface area contributed by atoms with Crippen molar-refractivity contribution in [1.82, 2.24) is 0 Å². The van der Waals surface area contributed by atoms with Gasteiger partial charge in [0.1, 0.15) is 5.75 Å². The zero-order valence-electron chi connectivity index (χ0n) is 11.8. The topological polar surface area (TPSA) is 73.6 Å². The van der Waals surface area contributed by atoms with Crippen LogP contribution in [0.2, 0.25) is 5.02 Å². The quantitative estimate of drug-likeness (QED) is 0.723. The standard InChI is InChI=1S/C14H21ClN2O3/c1-3-20-13-7-6-10(15)9-12(13)17-14(18)11(16)5-4-8-19-2/h6-7,9,11H,3-5,8,16H2,1-2H3,(H,17,18). The Hall–Kier alpha value is -1.30. The molecule has 0 saturated heterocycles. The fraction of sp³-hybridized carbons (Fsp3) is 0.500. The zero-order chi connectivity index (χ0) is 15.0. The number of halogens is 1. The number of benzene rings is 1. The summed E-state index contributed by atoms with van der Waals surface area (Å²) in [6, 6.07) is 4.49. The molecule has 0 radical (unpaired) electrons. The lowest BCUT2D eigenvalue weighted by Gasteiger charge is -2.15. The van der Waals surface area contributed by atoms with Gasteiger partial charge in [-0.1, -0.05) is 11.6 Å². The van der Waals surface area contributed by atoms with Crippen molar-refractivity contribution in [3.8, 4) is 5.75 Å². The van der Waals surface area contributed by atoms with Crippen LogP contribution in [0.4, 0.5) is 5.69 Å². The van der Waals surface area contributed by atoms with Crippen molar-refractivity contribution >= 4 is 23.2 Å². The van der Waals surface area contributed by atoms with E-state index in [1.807, 2.05) is 6.92 Å². The van der Waals surface area contributed by atoms with E-state index in [2.05, 4.69) is 5.32 Å². The Labute approximate surface area is 124 Å². The molecule has 1 rings (SSSR count). The van der Waals surface area contributed by atoms with Crippen LogP contribution in [0.15, 0.2) is 18.2 Å². The summed E-state index contributed by atoms with van der Waals surface area (Å²) in [5.41, 5.74) is 6.36. The number of hydrogen-bond donors (Lipinski definition) is 2. The lowest BCUT2D eigenvalue weighted by Crippen LogP contribution is -2.35. The third-order valence-corrected chi connectivity index (χ3v) is 2.93. The predicted molar refractivity (Wildman–Crippen MR) is 80.3 cm³/mol. The highest BCUT2D eigenvalue weighted by Crippen LogP contribution is 2.28. The molecule has 1 atom stereocenters. The van der Waals surface area contributed by atoms with E-state index in [4.69, 9.17) is 26.8 Å². The molecule has 0 heterocycles. The molecule has 1 amide bonds. The van der Waals surface area contributed by atoms with Crippen LogP contribution in [0.5, 0.6) is 5.75 Å². The first kappa shape index (κ1) is 16.8. The van der Waals surface area contributed by atoms with Gasteiger partial charge in [0, 0.05) is 18.7 Å². The Morgan fingerprint density at radius 3 is 2.90 bits per heavy atom. The van der Waals surface area contributed by atoms with Crippen LogP contribution >= 0.6 is 11.6 Å². The second-order valence-corrected chi connectivity index (χ2v) is 4.74. The smallest absolute Gasteiger partial charge is 0.241 e. The maximum atomic E-state index is 12.0. The zero-order valence-corrected chi connectivity index (χ0v) is 12.6. The van der Waals surface area contributed by atoms with Crippen molar-refractivity contribution in [1.29, 1.82) is 0 Å². The molecule has 0 spiro atoms. The van der Waals surface area contributed by atoms with E-state index in [0.717, 1.165) is 6.42 Å². The SMILES string of the molecule is CCOc1ccc(Cl)cc1NC(=O)C(N)CCCOC. The van der Waals surface area contributed by atoms with Crippen LogP contribution in [0.25, 0.3) is 0 Å². The van der Waals surface area contributed by atoms with E-state index in [1.54, 1.807) is 25.3 Å². The molecule has 0 aromatic heterocycles. The van der Waals surface area contributed by atoms with Crippen LogP contribution in [-0.2, 0) is 9.53 Å². The molecule has 112 valence electrons. The van der Waals surface area contributed by atoms with Crippen LogP contribution in [0, 0.1) is 0 Å². The van der Waals surface area contributed by atoms with Crippen LogP contribution in [0.1, 0.15) is 19.8 Å². The minimum atomic E-state index is -0.585. The van der Waals surface area contributed by atoms with Gasteiger partial charge in [0.05, 0.1) is 18.3 Å². The normalized spacial score (nSPS) is 12.0. The second-order valence-electron chi connectivity index (χ2n) is 4.30. The summed E-state index contributed by atoms with van der Waals surface area (Å²) in [6.07, 6.45) is 1.29. The molecule has 0 aliphatic carbocycles. The highest BCUT2D eigenvalue weighted by Gasteiger charge is 2.15. The molecule has 3 N–H and O–H groups in total. The Bertz CT molecular complexity index is 440. The fourth-order valence-corrected chi connectivity index (χ4v) is 1.86. The molecule has 0 saturated carbocycles. The van der Waals surface area contributed by atoms with Crippen molar-refractivity contribution in [2.75, 3.05) is 25.6 Å². The maximum Gasteiger partial charge on any atom is 0.241 e. The number of anilines is 1. The van der Waals surface area contributed by atoms with Crippen molar-refractivity contribution in [3.63, 3.8) is 0 Å². The molecule has 6 heteroatoms. The minimum Gasteiger partial charge on any atom is -0.492 e. The maximum absolute atomic E-state index is 12.0. The summed E-state index contributed by atoms with van der Waals surface area (Å²) in [7, 11) is 1.62. The first-order valence-corrected chi connectivity index (χ1v) is 6.94. The summed E-state index contributed by atoms with van der Waals surface area (Å²) < 4.78 is 10.4. The molecule has 1 aromatic carbocycles. The number of hydrogen-bond acceptors (Lipinski definition) is 4. The average molecular weight is 301 g/mol. The number of carbonyl (C=O) groups is 1. The number of methoxy groups -OCH3 is 1. The summed E-state index contributed by atoms with van der Waals surface area (Å²) in [4.78, 5) is 12.0. The third-order valence-electron chi connectivity index (χ3n) is 2.70. The fourth-order valence-electron chi connectivity index (χ4n) is 1.69. The van der Waals surface area contributed by atoms with E-state index in [0.29, 0.717) is 36.1 Å². The van der Waals surface area contributed by atoms with Crippen molar-refractivity contribution in [3.05, 3.63) is 23.2 Å². The predicted octanol–water partition coefficient (Wildman–Crippen LogP) is 2.43. The molecular formula is C14H21ClN2O3. The number of nitrogens with one attached hydrogen (secondary N) is 1. The van der Waals surface area contributed by atoms with Gasteiger partial charge in [-0.3, -0.25) is 4.79 Å². The van der Waals surface area contributed by atoms with E-state index < -0.39 is 6.04 Å². The Morgan fingerprint density at radius 2 is 2.25 bits per heavy atom. The van der Waals surface area contributed by atoms with Crippen molar-refractivity contribution in [2.24, 2.45) is 5.73 Å². The van der Waals surface area contributed by atoms with Gasteiger partial charge in [-0.25, -0.2) is 0 Å². The monoisotopic (exact) mass is 300 g/mol. The molecule has 1 aromatic rings.